The molecule has 2 heterocycles. The molecule has 1 aromatic rings. The Morgan fingerprint density at radius 2 is 2.00 bits per heavy atom. The van der Waals surface area contributed by atoms with Crippen molar-refractivity contribution in [3.05, 3.63) is 24.0 Å². The number of rotatable bonds is 6. The van der Waals surface area contributed by atoms with Gasteiger partial charge in [0.05, 0.1) is 0 Å². The van der Waals surface area contributed by atoms with Gasteiger partial charge in [-0.25, -0.2) is 0 Å². The SMILES string of the molecule is C.OCCCC1CCNC1.OCCCc1cc[nH]c1. The molecule has 0 amide bonds. The Kier molecular flexibility index (Phi) is 11.7. The average molecular weight is 270 g/mol. The van der Waals surface area contributed by atoms with E-state index in [9.17, 15) is 0 Å². The highest BCUT2D eigenvalue weighted by Gasteiger charge is 2.12. The number of aromatic nitrogens is 1. The first kappa shape index (κ1) is 18.2. The molecule has 1 atom stereocenters. The van der Waals surface area contributed by atoms with Crippen LogP contribution in [0.1, 0.15) is 38.7 Å². The summed E-state index contributed by atoms with van der Waals surface area (Å²) in [5.41, 5.74) is 1.27. The van der Waals surface area contributed by atoms with E-state index in [1.807, 2.05) is 18.5 Å². The summed E-state index contributed by atoms with van der Waals surface area (Å²) in [6.07, 6.45) is 9.16. The molecule has 4 N–H and O–H groups in total. The summed E-state index contributed by atoms with van der Waals surface area (Å²) < 4.78 is 0. The monoisotopic (exact) mass is 270 g/mol. The highest BCUT2D eigenvalue weighted by atomic mass is 16.3. The molecule has 0 aromatic carbocycles. The van der Waals surface area contributed by atoms with Crippen LogP contribution in [-0.2, 0) is 6.42 Å². The highest BCUT2D eigenvalue weighted by Crippen LogP contribution is 2.13. The maximum Gasteiger partial charge on any atom is 0.0434 e. The quantitative estimate of drug-likeness (QED) is 0.638. The Balaban J connectivity index is 0.000000324. The molecular weight excluding hydrogens is 240 g/mol. The maximum atomic E-state index is 8.51. The van der Waals surface area contributed by atoms with Crippen LogP contribution in [0.3, 0.4) is 0 Å². The van der Waals surface area contributed by atoms with E-state index >= 15 is 0 Å². The van der Waals surface area contributed by atoms with E-state index in [4.69, 9.17) is 10.2 Å². The molecule has 0 spiro atoms. The number of hydrogen-bond acceptors (Lipinski definition) is 3. The number of aliphatic hydroxyl groups is 2. The summed E-state index contributed by atoms with van der Waals surface area (Å²) in [6.45, 7) is 2.98. The molecule has 1 unspecified atom stereocenters. The van der Waals surface area contributed by atoms with E-state index in [-0.39, 0.29) is 14.0 Å². The minimum Gasteiger partial charge on any atom is -0.396 e. The summed E-state index contributed by atoms with van der Waals surface area (Å²) in [5, 5.41) is 20.3. The summed E-state index contributed by atoms with van der Waals surface area (Å²) in [7, 11) is 0. The van der Waals surface area contributed by atoms with Gasteiger partial charge in [-0.2, -0.15) is 0 Å². The van der Waals surface area contributed by atoms with Crippen molar-refractivity contribution in [1.29, 1.82) is 0 Å². The van der Waals surface area contributed by atoms with Crippen molar-refractivity contribution < 1.29 is 10.2 Å². The predicted octanol–water partition coefficient (Wildman–Crippen LogP) is 1.94. The Hall–Kier alpha value is -0.840. The van der Waals surface area contributed by atoms with Crippen molar-refractivity contribution in [2.75, 3.05) is 26.3 Å². The van der Waals surface area contributed by atoms with Gasteiger partial charge in [0.25, 0.3) is 0 Å². The zero-order valence-electron chi connectivity index (χ0n) is 11.1. The van der Waals surface area contributed by atoms with Crippen molar-refractivity contribution in [3.8, 4) is 0 Å². The Labute approximate surface area is 117 Å². The van der Waals surface area contributed by atoms with Crippen molar-refractivity contribution in [1.82, 2.24) is 10.3 Å². The molecular formula is C15H30N2O2. The van der Waals surface area contributed by atoms with E-state index < -0.39 is 0 Å². The van der Waals surface area contributed by atoms with E-state index in [0.717, 1.165) is 25.2 Å². The third-order valence-electron chi connectivity index (χ3n) is 3.22. The molecule has 1 aliphatic heterocycles. The molecule has 1 fully saturated rings. The predicted molar refractivity (Wildman–Crippen MR) is 80.2 cm³/mol. The van der Waals surface area contributed by atoms with Crippen LogP contribution in [-0.4, -0.2) is 41.5 Å². The number of H-pyrrole nitrogens is 1. The highest BCUT2D eigenvalue weighted by molar-refractivity contribution is 5.07. The van der Waals surface area contributed by atoms with Gasteiger partial charge in [0.2, 0.25) is 0 Å². The molecule has 1 aromatic heterocycles. The molecule has 0 bridgehead atoms. The van der Waals surface area contributed by atoms with Crippen LogP contribution >= 0.6 is 0 Å². The Morgan fingerprint density at radius 1 is 1.21 bits per heavy atom. The molecule has 4 nitrogen and oxygen atoms in total. The van der Waals surface area contributed by atoms with E-state index in [1.54, 1.807) is 0 Å². The lowest BCUT2D eigenvalue weighted by molar-refractivity contribution is 0.273. The van der Waals surface area contributed by atoms with Crippen molar-refractivity contribution in [2.45, 2.75) is 39.5 Å². The molecule has 0 aliphatic carbocycles. The number of aryl methyl sites for hydroxylation is 1. The van der Waals surface area contributed by atoms with Crippen molar-refractivity contribution >= 4 is 0 Å². The number of hydrogen-bond donors (Lipinski definition) is 4. The molecule has 4 heteroatoms. The fraction of sp³-hybridized carbons (Fsp3) is 0.733. The zero-order chi connectivity index (χ0) is 13.1. The van der Waals surface area contributed by atoms with Crippen LogP contribution in [0.2, 0.25) is 0 Å². The van der Waals surface area contributed by atoms with Crippen LogP contribution in [0, 0.1) is 5.92 Å². The van der Waals surface area contributed by atoms with Crippen molar-refractivity contribution in [3.63, 3.8) is 0 Å². The number of aromatic amines is 1. The largest absolute Gasteiger partial charge is 0.396 e. The van der Waals surface area contributed by atoms with E-state index in [2.05, 4.69) is 10.3 Å². The summed E-state index contributed by atoms with van der Waals surface area (Å²) in [6, 6.07) is 2.02. The van der Waals surface area contributed by atoms with E-state index in [1.165, 1.54) is 31.5 Å². The molecule has 0 saturated carbocycles. The lowest BCUT2D eigenvalue weighted by Crippen LogP contribution is -2.09. The minimum atomic E-state index is 0. The van der Waals surface area contributed by atoms with Crippen LogP contribution in [0.4, 0.5) is 0 Å². The second-order valence-corrected chi connectivity index (χ2v) is 4.77. The minimum absolute atomic E-state index is 0. The fourth-order valence-corrected chi connectivity index (χ4v) is 2.14. The molecule has 112 valence electrons. The van der Waals surface area contributed by atoms with Gasteiger partial charge in [-0.05, 0) is 62.7 Å². The van der Waals surface area contributed by atoms with Gasteiger partial charge in [-0.3, -0.25) is 0 Å². The lowest BCUT2D eigenvalue weighted by atomic mass is 10.0. The van der Waals surface area contributed by atoms with Gasteiger partial charge < -0.3 is 20.5 Å². The van der Waals surface area contributed by atoms with Gasteiger partial charge in [-0.15, -0.1) is 0 Å². The standard InChI is InChI=1S/C7H15NO.C7H11NO.CH4/c2*9-5-1-2-7-3-4-8-6-7;/h7-9H,1-6H2;3-4,6,8-9H,1-2,5H2;1H4. The van der Waals surface area contributed by atoms with Crippen LogP contribution in [0.5, 0.6) is 0 Å². The molecule has 1 aliphatic rings. The topological polar surface area (TPSA) is 68.3 Å². The Bertz CT molecular complexity index is 270. The average Bonchev–Trinajstić information content (AvgIpc) is 3.07. The summed E-state index contributed by atoms with van der Waals surface area (Å²) >= 11 is 0. The second-order valence-electron chi connectivity index (χ2n) is 4.77. The normalized spacial score (nSPS) is 17.5. The van der Waals surface area contributed by atoms with Gasteiger partial charge >= 0.3 is 0 Å². The molecule has 19 heavy (non-hydrogen) atoms. The third kappa shape index (κ3) is 8.81. The molecule has 0 radical (unpaired) electrons. The fourth-order valence-electron chi connectivity index (χ4n) is 2.14. The summed E-state index contributed by atoms with van der Waals surface area (Å²) in [5.74, 6) is 0.845. The zero-order valence-corrected chi connectivity index (χ0v) is 11.1. The first-order valence-electron chi connectivity index (χ1n) is 6.91. The Morgan fingerprint density at radius 3 is 2.53 bits per heavy atom. The van der Waals surface area contributed by atoms with Crippen LogP contribution in [0.25, 0.3) is 0 Å². The number of nitrogens with one attached hydrogen (secondary N) is 2. The van der Waals surface area contributed by atoms with Crippen LogP contribution in [0.15, 0.2) is 18.5 Å². The second kappa shape index (κ2) is 12.2. The van der Waals surface area contributed by atoms with Crippen LogP contribution < -0.4 is 5.32 Å². The first-order valence-corrected chi connectivity index (χ1v) is 6.91. The van der Waals surface area contributed by atoms with E-state index in [0.29, 0.717) is 6.61 Å². The lowest BCUT2D eigenvalue weighted by Gasteiger charge is -2.04. The first-order chi connectivity index (χ1) is 8.86. The summed E-state index contributed by atoms with van der Waals surface area (Å²) in [4.78, 5) is 2.96. The smallest absolute Gasteiger partial charge is 0.0434 e. The van der Waals surface area contributed by atoms with Gasteiger partial charge in [0.1, 0.15) is 0 Å². The molecule has 2 rings (SSSR count). The molecule has 1 saturated heterocycles. The van der Waals surface area contributed by atoms with Gasteiger partial charge in [-0.1, -0.05) is 7.43 Å². The third-order valence-corrected chi connectivity index (χ3v) is 3.22. The van der Waals surface area contributed by atoms with Crippen molar-refractivity contribution in [2.24, 2.45) is 5.92 Å². The van der Waals surface area contributed by atoms with Gasteiger partial charge in [0.15, 0.2) is 0 Å². The number of aliphatic hydroxyl groups excluding tert-OH is 2. The maximum absolute atomic E-state index is 8.51. The van der Waals surface area contributed by atoms with Gasteiger partial charge in [0, 0.05) is 25.6 Å².